The van der Waals surface area contributed by atoms with Gasteiger partial charge in [0.2, 0.25) is 0 Å². The molecule has 1 aliphatic carbocycles. The lowest BCUT2D eigenvalue weighted by molar-refractivity contribution is 0.282. The van der Waals surface area contributed by atoms with Gasteiger partial charge in [-0.1, -0.05) is 19.1 Å². The predicted octanol–water partition coefficient (Wildman–Crippen LogP) is 2.38. The number of guanidine groups is 1. The number of fused-ring (bicyclic) bond motifs is 1. The van der Waals surface area contributed by atoms with Gasteiger partial charge in [-0.15, -0.1) is 0 Å². The van der Waals surface area contributed by atoms with Gasteiger partial charge in [0.15, 0.2) is 5.96 Å². The van der Waals surface area contributed by atoms with Gasteiger partial charge < -0.3 is 15.2 Å². The number of imidazole rings is 1. The smallest absolute Gasteiger partial charge is 0.191 e. The zero-order valence-electron chi connectivity index (χ0n) is 16.3. The number of aryl methyl sites for hydroxylation is 2. The van der Waals surface area contributed by atoms with E-state index in [1.54, 1.807) is 0 Å². The fraction of sp³-hybridized carbons (Fsp3) is 0.600. The van der Waals surface area contributed by atoms with Crippen molar-refractivity contribution in [1.29, 1.82) is 0 Å². The van der Waals surface area contributed by atoms with Crippen molar-refractivity contribution < 1.29 is 0 Å². The minimum Gasteiger partial charge on any atom is -0.356 e. The number of aromatic nitrogens is 2. The van der Waals surface area contributed by atoms with Crippen molar-refractivity contribution in [3.05, 3.63) is 30.1 Å². The second-order valence-electron chi connectivity index (χ2n) is 6.94. The summed E-state index contributed by atoms with van der Waals surface area (Å²) >= 11 is 0. The number of benzene rings is 1. The molecule has 1 saturated carbocycles. The number of hydrogen-bond acceptors (Lipinski definition) is 3. The molecular formula is C20H32N6. The lowest BCUT2D eigenvalue weighted by Crippen LogP contribution is -2.42. The molecule has 0 unspecified atom stereocenters. The standard InChI is InChI=1S/C20H32N6/c1-4-25(17-10-11-17)15-13-23-20(21-3)22-12-7-14-26-16(2)24-18-8-5-6-9-19(18)26/h5-6,8-9,17H,4,7,10-15H2,1-3H3,(H2,21,22,23). The second-order valence-corrected chi connectivity index (χ2v) is 6.94. The molecule has 2 aromatic rings. The summed E-state index contributed by atoms with van der Waals surface area (Å²) in [6, 6.07) is 9.15. The van der Waals surface area contributed by atoms with Crippen molar-refractivity contribution >= 4 is 17.0 Å². The van der Waals surface area contributed by atoms with Crippen LogP contribution in [0.4, 0.5) is 0 Å². The molecule has 1 aromatic carbocycles. The van der Waals surface area contributed by atoms with Crippen molar-refractivity contribution in [2.24, 2.45) is 4.99 Å². The fourth-order valence-electron chi connectivity index (χ4n) is 3.50. The number of hydrogen-bond donors (Lipinski definition) is 2. The van der Waals surface area contributed by atoms with Gasteiger partial charge in [-0.25, -0.2) is 4.98 Å². The van der Waals surface area contributed by atoms with Crippen LogP contribution in [0.3, 0.4) is 0 Å². The molecule has 0 aliphatic heterocycles. The highest BCUT2D eigenvalue weighted by molar-refractivity contribution is 5.79. The average molecular weight is 357 g/mol. The topological polar surface area (TPSA) is 57.5 Å². The summed E-state index contributed by atoms with van der Waals surface area (Å²) in [6.45, 7) is 9.34. The quantitative estimate of drug-likeness (QED) is 0.411. The first-order chi connectivity index (χ1) is 12.7. The Bertz CT molecular complexity index is 731. The molecule has 1 heterocycles. The van der Waals surface area contributed by atoms with Crippen LogP contribution in [0.2, 0.25) is 0 Å². The average Bonchev–Trinajstić information content (AvgIpc) is 3.44. The van der Waals surface area contributed by atoms with E-state index in [9.17, 15) is 0 Å². The first-order valence-corrected chi connectivity index (χ1v) is 9.83. The van der Waals surface area contributed by atoms with Gasteiger partial charge in [-0.05, 0) is 44.9 Å². The van der Waals surface area contributed by atoms with Gasteiger partial charge >= 0.3 is 0 Å². The molecule has 1 aromatic heterocycles. The van der Waals surface area contributed by atoms with Crippen molar-refractivity contribution in [3.63, 3.8) is 0 Å². The molecule has 1 aliphatic rings. The third-order valence-corrected chi connectivity index (χ3v) is 5.08. The molecule has 0 spiro atoms. The molecule has 3 rings (SSSR count). The Hall–Kier alpha value is -2.08. The highest BCUT2D eigenvalue weighted by atomic mass is 15.2. The van der Waals surface area contributed by atoms with Crippen LogP contribution in [-0.4, -0.2) is 59.7 Å². The Kier molecular flexibility index (Phi) is 6.50. The SMILES string of the molecule is CCN(CCNC(=NC)NCCCn1c(C)nc2ccccc21)C1CC1. The Balaban J connectivity index is 1.39. The van der Waals surface area contributed by atoms with E-state index in [-0.39, 0.29) is 0 Å². The molecule has 0 atom stereocenters. The van der Waals surface area contributed by atoms with Gasteiger partial charge in [0.1, 0.15) is 5.82 Å². The minimum absolute atomic E-state index is 0.824. The predicted molar refractivity (Wildman–Crippen MR) is 109 cm³/mol. The molecule has 142 valence electrons. The first kappa shape index (κ1) is 18.7. The highest BCUT2D eigenvalue weighted by Gasteiger charge is 2.27. The summed E-state index contributed by atoms with van der Waals surface area (Å²) in [5.41, 5.74) is 2.29. The maximum absolute atomic E-state index is 4.63. The summed E-state index contributed by atoms with van der Waals surface area (Å²) in [5.74, 6) is 1.97. The lowest BCUT2D eigenvalue weighted by Gasteiger charge is -2.20. The molecule has 0 amide bonds. The van der Waals surface area contributed by atoms with Crippen molar-refractivity contribution in [1.82, 2.24) is 25.1 Å². The van der Waals surface area contributed by atoms with Crippen molar-refractivity contribution in [3.8, 4) is 0 Å². The molecular weight excluding hydrogens is 324 g/mol. The monoisotopic (exact) mass is 356 g/mol. The van der Waals surface area contributed by atoms with E-state index in [2.05, 4.69) is 62.1 Å². The van der Waals surface area contributed by atoms with Gasteiger partial charge in [0.05, 0.1) is 11.0 Å². The zero-order valence-corrected chi connectivity index (χ0v) is 16.3. The molecule has 6 nitrogen and oxygen atoms in total. The van der Waals surface area contributed by atoms with Crippen LogP contribution >= 0.6 is 0 Å². The number of rotatable bonds is 9. The Morgan fingerprint density at radius 2 is 2.04 bits per heavy atom. The molecule has 0 radical (unpaired) electrons. The third kappa shape index (κ3) is 4.75. The highest BCUT2D eigenvalue weighted by Crippen LogP contribution is 2.25. The first-order valence-electron chi connectivity index (χ1n) is 9.83. The second kappa shape index (κ2) is 9.03. The summed E-state index contributed by atoms with van der Waals surface area (Å²) in [4.78, 5) is 11.5. The van der Waals surface area contributed by atoms with Gasteiger partial charge in [0.25, 0.3) is 0 Å². The normalized spacial score (nSPS) is 15.0. The Morgan fingerprint density at radius 1 is 1.27 bits per heavy atom. The number of likely N-dealkylation sites (N-methyl/N-ethyl adjacent to an activating group) is 1. The van der Waals surface area contributed by atoms with Gasteiger partial charge in [0, 0.05) is 39.3 Å². The van der Waals surface area contributed by atoms with E-state index >= 15 is 0 Å². The number of nitrogens with zero attached hydrogens (tertiary/aromatic N) is 4. The lowest BCUT2D eigenvalue weighted by atomic mass is 10.3. The summed E-state index contributed by atoms with van der Waals surface area (Å²) in [6.07, 6.45) is 3.76. The van der Waals surface area contributed by atoms with E-state index in [1.165, 1.54) is 18.4 Å². The number of aliphatic imine (C=N–C) groups is 1. The molecule has 26 heavy (non-hydrogen) atoms. The largest absolute Gasteiger partial charge is 0.356 e. The van der Waals surface area contributed by atoms with Gasteiger partial charge in [-0.3, -0.25) is 9.89 Å². The third-order valence-electron chi connectivity index (χ3n) is 5.08. The minimum atomic E-state index is 0.824. The van der Waals surface area contributed by atoms with E-state index in [0.717, 1.165) is 62.5 Å². The van der Waals surface area contributed by atoms with Crippen LogP contribution in [0.25, 0.3) is 11.0 Å². The summed E-state index contributed by atoms with van der Waals surface area (Å²) < 4.78 is 2.29. The summed E-state index contributed by atoms with van der Waals surface area (Å²) in [5, 5.41) is 6.85. The van der Waals surface area contributed by atoms with Crippen LogP contribution in [0.1, 0.15) is 32.0 Å². The molecule has 0 bridgehead atoms. The Morgan fingerprint density at radius 3 is 2.77 bits per heavy atom. The summed E-state index contributed by atoms with van der Waals surface area (Å²) in [7, 11) is 1.83. The maximum atomic E-state index is 4.63. The van der Waals surface area contributed by atoms with Crippen LogP contribution < -0.4 is 10.6 Å². The van der Waals surface area contributed by atoms with Crippen LogP contribution in [-0.2, 0) is 6.54 Å². The van der Waals surface area contributed by atoms with Crippen LogP contribution in [0, 0.1) is 6.92 Å². The Labute approximate surface area is 156 Å². The number of nitrogens with one attached hydrogen (secondary N) is 2. The molecule has 6 heteroatoms. The zero-order chi connectivity index (χ0) is 18.4. The number of para-hydroxylation sites is 2. The van der Waals surface area contributed by atoms with Crippen LogP contribution in [0.5, 0.6) is 0 Å². The van der Waals surface area contributed by atoms with Crippen molar-refractivity contribution in [2.75, 3.05) is 33.2 Å². The van der Waals surface area contributed by atoms with E-state index in [4.69, 9.17) is 0 Å². The van der Waals surface area contributed by atoms with Crippen molar-refractivity contribution in [2.45, 2.75) is 45.7 Å². The van der Waals surface area contributed by atoms with Gasteiger partial charge in [-0.2, -0.15) is 0 Å². The van der Waals surface area contributed by atoms with E-state index in [1.807, 2.05) is 13.1 Å². The molecule has 1 fully saturated rings. The van der Waals surface area contributed by atoms with Crippen LogP contribution in [0.15, 0.2) is 29.3 Å². The molecule has 2 N–H and O–H groups in total. The fourth-order valence-corrected chi connectivity index (χ4v) is 3.50. The molecule has 0 saturated heterocycles. The van der Waals surface area contributed by atoms with E-state index in [0.29, 0.717) is 0 Å². The van der Waals surface area contributed by atoms with E-state index < -0.39 is 0 Å². The maximum Gasteiger partial charge on any atom is 0.191 e.